The Morgan fingerprint density at radius 1 is 0.875 bits per heavy atom. The molecule has 0 atom stereocenters. The highest BCUT2D eigenvalue weighted by Gasteiger charge is 2.27. The van der Waals surface area contributed by atoms with Gasteiger partial charge in [0.25, 0.3) is 11.2 Å². The molecule has 1 heterocycles. The Hall–Kier alpha value is -4.53. The molecule has 1 amide bonds. The van der Waals surface area contributed by atoms with Gasteiger partial charge in [-0.2, -0.15) is 0 Å². The van der Waals surface area contributed by atoms with E-state index in [1.54, 1.807) is 36.4 Å². The van der Waals surface area contributed by atoms with Gasteiger partial charge in [-0.05, 0) is 61.3 Å². The summed E-state index contributed by atoms with van der Waals surface area (Å²) < 4.78 is 2.81. The third-order valence-electron chi connectivity index (χ3n) is 7.81. The van der Waals surface area contributed by atoms with Crippen LogP contribution in [-0.2, 0) is 24.3 Å². The minimum absolute atomic E-state index is 0.0518. The lowest BCUT2D eigenvalue weighted by molar-refractivity contribution is -0.384. The number of hydrogen-bond donors (Lipinski definition) is 1. The highest BCUT2D eigenvalue weighted by Crippen LogP contribution is 2.29. The Bertz CT molecular complexity index is 1640. The number of nitrogens with zero attached hydrogens (tertiary/aromatic N) is 3. The molecule has 1 aliphatic carbocycles. The fourth-order valence-corrected chi connectivity index (χ4v) is 5.62. The van der Waals surface area contributed by atoms with Crippen molar-refractivity contribution in [2.75, 3.05) is 6.54 Å². The first kappa shape index (κ1) is 27.1. The first-order chi connectivity index (χ1) is 19.4. The molecule has 0 radical (unpaired) electrons. The summed E-state index contributed by atoms with van der Waals surface area (Å²) in [5.41, 5.74) is 1.46. The van der Waals surface area contributed by atoms with E-state index < -0.39 is 10.6 Å². The number of carbonyl (C=O) groups is 1. The van der Waals surface area contributed by atoms with E-state index in [2.05, 4.69) is 5.32 Å². The van der Waals surface area contributed by atoms with E-state index in [1.165, 1.54) is 26.8 Å². The molecule has 1 N–H and O–H groups in total. The maximum absolute atomic E-state index is 13.6. The van der Waals surface area contributed by atoms with Crippen LogP contribution in [0.5, 0.6) is 0 Å². The fourth-order valence-electron chi connectivity index (χ4n) is 5.62. The molecular formula is C31H32N4O5. The quantitative estimate of drug-likeness (QED) is 0.251. The van der Waals surface area contributed by atoms with Crippen molar-refractivity contribution >= 4 is 22.5 Å². The van der Waals surface area contributed by atoms with Gasteiger partial charge in [-0.3, -0.25) is 28.8 Å². The van der Waals surface area contributed by atoms with Crippen LogP contribution in [0, 0.1) is 22.0 Å². The average Bonchev–Trinajstić information content (AvgIpc) is 2.98. The summed E-state index contributed by atoms with van der Waals surface area (Å²) >= 11 is 0. The van der Waals surface area contributed by atoms with E-state index in [9.17, 15) is 24.5 Å². The summed E-state index contributed by atoms with van der Waals surface area (Å²) in [6, 6.07) is 23.2. The van der Waals surface area contributed by atoms with E-state index in [4.69, 9.17) is 0 Å². The van der Waals surface area contributed by atoms with Gasteiger partial charge in [0.1, 0.15) is 0 Å². The molecule has 0 spiro atoms. The van der Waals surface area contributed by atoms with Crippen LogP contribution in [-0.4, -0.2) is 26.5 Å². The number of aromatic nitrogens is 2. The number of fused-ring (bicyclic) bond motifs is 1. The number of hydrogen-bond acceptors (Lipinski definition) is 5. The molecule has 40 heavy (non-hydrogen) atoms. The number of nitrogens with one attached hydrogen (secondary N) is 1. The van der Waals surface area contributed by atoms with E-state index in [-0.39, 0.29) is 42.1 Å². The van der Waals surface area contributed by atoms with E-state index in [1.807, 2.05) is 30.3 Å². The predicted molar refractivity (Wildman–Crippen MR) is 153 cm³/mol. The van der Waals surface area contributed by atoms with Gasteiger partial charge in [-0.15, -0.1) is 0 Å². The van der Waals surface area contributed by atoms with Crippen LogP contribution >= 0.6 is 0 Å². The Kier molecular flexibility index (Phi) is 8.19. The highest BCUT2D eigenvalue weighted by atomic mass is 16.6. The van der Waals surface area contributed by atoms with Gasteiger partial charge in [0, 0.05) is 31.1 Å². The number of amides is 1. The van der Waals surface area contributed by atoms with Crippen molar-refractivity contribution < 1.29 is 9.72 Å². The van der Waals surface area contributed by atoms with Crippen molar-refractivity contribution in [3.8, 4) is 0 Å². The molecule has 1 fully saturated rings. The maximum Gasteiger partial charge on any atom is 0.331 e. The number of benzene rings is 3. The lowest BCUT2D eigenvalue weighted by Gasteiger charge is -2.28. The van der Waals surface area contributed by atoms with Gasteiger partial charge in [-0.25, -0.2) is 4.79 Å². The van der Waals surface area contributed by atoms with Gasteiger partial charge >= 0.3 is 5.69 Å². The van der Waals surface area contributed by atoms with Crippen molar-refractivity contribution in [1.82, 2.24) is 14.5 Å². The fraction of sp³-hybridized carbons (Fsp3) is 0.323. The Morgan fingerprint density at radius 3 is 2.33 bits per heavy atom. The third-order valence-corrected chi connectivity index (χ3v) is 7.81. The highest BCUT2D eigenvalue weighted by molar-refractivity contribution is 5.79. The van der Waals surface area contributed by atoms with E-state index in [0.29, 0.717) is 35.9 Å². The van der Waals surface area contributed by atoms with Crippen molar-refractivity contribution in [2.45, 2.75) is 45.2 Å². The molecule has 206 valence electrons. The third kappa shape index (κ3) is 6.03. The topological polar surface area (TPSA) is 116 Å². The van der Waals surface area contributed by atoms with Crippen molar-refractivity contribution in [3.63, 3.8) is 0 Å². The van der Waals surface area contributed by atoms with Gasteiger partial charge in [0.2, 0.25) is 5.91 Å². The van der Waals surface area contributed by atoms with Crippen LogP contribution in [0.25, 0.3) is 10.9 Å². The second-order valence-corrected chi connectivity index (χ2v) is 10.5. The minimum atomic E-state index is -0.467. The van der Waals surface area contributed by atoms with Crippen LogP contribution in [0.1, 0.15) is 36.8 Å². The lowest BCUT2D eigenvalue weighted by atomic mass is 9.81. The molecular weight excluding hydrogens is 508 g/mol. The largest absolute Gasteiger partial charge is 0.356 e. The molecule has 1 aromatic heterocycles. The van der Waals surface area contributed by atoms with Crippen LogP contribution in [0.2, 0.25) is 0 Å². The summed E-state index contributed by atoms with van der Waals surface area (Å²) in [5.74, 6) is 0.105. The smallest absolute Gasteiger partial charge is 0.331 e. The van der Waals surface area contributed by atoms with Crippen LogP contribution < -0.4 is 16.6 Å². The van der Waals surface area contributed by atoms with Crippen LogP contribution in [0.3, 0.4) is 0 Å². The first-order valence-electron chi connectivity index (χ1n) is 13.7. The number of nitro benzene ring substituents is 1. The number of carbonyl (C=O) groups excluding carboxylic acids is 1. The lowest BCUT2D eigenvalue weighted by Crippen LogP contribution is -2.42. The zero-order valence-electron chi connectivity index (χ0n) is 22.2. The Balaban J connectivity index is 1.29. The van der Waals surface area contributed by atoms with Crippen molar-refractivity contribution in [2.24, 2.45) is 11.8 Å². The SMILES string of the molecule is O=C(NCCc1ccccc1)C1CCC(Cn2c(=O)c3ccccc3n(Cc3cccc([N+](=O)[O-])c3)c2=O)CC1. The maximum atomic E-state index is 13.6. The zero-order chi connectivity index (χ0) is 28.1. The Morgan fingerprint density at radius 2 is 1.57 bits per heavy atom. The Labute approximate surface area is 231 Å². The first-order valence-corrected chi connectivity index (χ1v) is 13.7. The van der Waals surface area contributed by atoms with Crippen LogP contribution in [0.15, 0.2) is 88.5 Å². The van der Waals surface area contributed by atoms with Crippen LogP contribution in [0.4, 0.5) is 5.69 Å². The zero-order valence-corrected chi connectivity index (χ0v) is 22.2. The number of rotatable bonds is 9. The minimum Gasteiger partial charge on any atom is -0.356 e. The normalized spacial score (nSPS) is 17.0. The van der Waals surface area contributed by atoms with E-state index in [0.717, 1.165) is 19.3 Å². The van der Waals surface area contributed by atoms with Gasteiger partial charge in [0.05, 0.1) is 22.4 Å². The summed E-state index contributed by atoms with van der Waals surface area (Å²) in [6.07, 6.45) is 3.72. The summed E-state index contributed by atoms with van der Waals surface area (Å²) in [7, 11) is 0. The summed E-state index contributed by atoms with van der Waals surface area (Å²) in [5, 5.41) is 14.7. The van der Waals surface area contributed by atoms with Gasteiger partial charge in [-0.1, -0.05) is 54.6 Å². The standard InChI is InChI=1S/C31H32N4O5/c36-29(32-18-17-22-7-2-1-3-8-22)25-15-13-23(14-16-25)20-34-30(37)27-11-4-5-12-28(27)33(31(34)38)21-24-9-6-10-26(19-24)35(39)40/h1-12,19,23,25H,13-18,20-21H2,(H,32,36). The molecule has 9 heteroatoms. The molecule has 0 unspecified atom stereocenters. The predicted octanol–water partition coefficient (Wildman–Crippen LogP) is 4.29. The molecule has 9 nitrogen and oxygen atoms in total. The summed E-state index contributed by atoms with van der Waals surface area (Å²) in [4.78, 5) is 50.5. The van der Waals surface area contributed by atoms with Crippen molar-refractivity contribution in [1.29, 1.82) is 0 Å². The average molecular weight is 541 g/mol. The number of para-hydroxylation sites is 1. The number of non-ortho nitro benzene ring substituents is 1. The van der Waals surface area contributed by atoms with Crippen molar-refractivity contribution in [3.05, 3.63) is 121 Å². The molecule has 0 saturated heterocycles. The van der Waals surface area contributed by atoms with Gasteiger partial charge in [0.15, 0.2) is 0 Å². The second-order valence-electron chi connectivity index (χ2n) is 10.5. The molecule has 1 saturated carbocycles. The second kappa shape index (κ2) is 12.1. The van der Waals surface area contributed by atoms with Gasteiger partial charge < -0.3 is 5.32 Å². The molecule has 3 aromatic carbocycles. The number of nitro groups is 1. The molecule has 0 bridgehead atoms. The molecule has 5 rings (SSSR count). The monoisotopic (exact) mass is 540 g/mol. The molecule has 1 aliphatic rings. The summed E-state index contributed by atoms with van der Waals surface area (Å²) in [6.45, 7) is 0.982. The van der Waals surface area contributed by atoms with E-state index >= 15 is 0 Å². The molecule has 4 aromatic rings. The molecule has 0 aliphatic heterocycles.